The summed E-state index contributed by atoms with van der Waals surface area (Å²) in [6, 6.07) is 17.2. The normalized spacial score (nSPS) is 15.8. The number of ether oxygens (including phenoxy) is 1. The van der Waals surface area contributed by atoms with Crippen LogP contribution in [0.4, 0.5) is 5.69 Å². The lowest BCUT2D eigenvalue weighted by Crippen LogP contribution is -2.53. The summed E-state index contributed by atoms with van der Waals surface area (Å²) in [6.45, 7) is 38.3. The molecule has 2 N–H and O–H groups in total. The fraction of sp³-hybridized carbons (Fsp3) is 0.667. The van der Waals surface area contributed by atoms with Crippen LogP contribution < -0.4 is 10.8 Å². The van der Waals surface area contributed by atoms with Gasteiger partial charge in [0.2, 0.25) is 0 Å². The number of benzene rings is 2. The molecule has 51 heavy (non-hydrogen) atoms. The molecular weight excluding hydrogens is 645 g/mol. The fourth-order valence-corrected chi connectivity index (χ4v) is 8.72. The van der Waals surface area contributed by atoms with E-state index in [4.69, 9.17) is 11.3 Å². The minimum absolute atomic E-state index is 0.00804. The van der Waals surface area contributed by atoms with Gasteiger partial charge in [-0.25, -0.2) is 0 Å². The molecule has 6 heteroatoms. The highest BCUT2D eigenvalue weighted by molar-refractivity contribution is 7.81. The van der Waals surface area contributed by atoms with Crippen molar-refractivity contribution in [1.82, 2.24) is 0 Å². The molecule has 0 heterocycles. The molecule has 0 radical (unpaired) electrons. The minimum atomic E-state index is -0.491. The second-order valence-electron chi connectivity index (χ2n) is 18.6. The molecule has 0 spiro atoms. The number of carbonyl (C=O) groups excluding carboxylic acids is 1. The number of thiol groups is 1. The summed E-state index contributed by atoms with van der Waals surface area (Å²) >= 11 is 4.25. The van der Waals surface area contributed by atoms with Crippen LogP contribution in [0, 0.1) is 33.0 Å². The molecule has 0 fully saturated rings. The Morgan fingerprint density at radius 3 is 2.10 bits per heavy atom. The zero-order valence-electron chi connectivity index (χ0n) is 35.0. The summed E-state index contributed by atoms with van der Waals surface area (Å²) < 4.78 is 5.54. The maximum atomic E-state index is 12.2. The van der Waals surface area contributed by atoms with E-state index in [1.165, 1.54) is 36.0 Å². The van der Waals surface area contributed by atoms with E-state index < -0.39 is 12.2 Å². The van der Waals surface area contributed by atoms with Gasteiger partial charge in [-0.05, 0) is 93.8 Å². The first-order valence-corrected chi connectivity index (χ1v) is 20.1. The predicted octanol–water partition coefficient (Wildman–Crippen LogP) is 11.7. The summed E-state index contributed by atoms with van der Waals surface area (Å²) in [5.41, 5.74) is 5.35. The van der Waals surface area contributed by atoms with Gasteiger partial charge < -0.3 is 15.1 Å². The first-order valence-electron chi connectivity index (χ1n) is 19.6. The maximum absolute atomic E-state index is 12.2. The predicted molar refractivity (Wildman–Crippen MR) is 226 cm³/mol. The molecule has 0 saturated carbocycles. The van der Waals surface area contributed by atoms with Gasteiger partial charge in [0.1, 0.15) is 0 Å². The molecule has 2 aromatic carbocycles. The molecule has 0 saturated heterocycles. The Bertz CT molecular complexity index is 1410. The lowest BCUT2D eigenvalue weighted by Gasteiger charge is -2.61. The zero-order chi connectivity index (χ0) is 39.0. The molecule has 4 atom stereocenters. The summed E-state index contributed by atoms with van der Waals surface area (Å²) in [5, 5.41) is 13.2. The lowest BCUT2D eigenvalue weighted by atomic mass is 9.43. The quantitative estimate of drug-likeness (QED) is 0.0419. The Morgan fingerprint density at radius 1 is 0.961 bits per heavy atom. The van der Waals surface area contributed by atoms with Gasteiger partial charge in [-0.15, -0.1) is 0 Å². The Kier molecular flexibility index (Phi) is 16.1. The summed E-state index contributed by atoms with van der Waals surface area (Å²) in [4.78, 5) is 12.2. The van der Waals surface area contributed by atoms with Gasteiger partial charge in [-0.3, -0.25) is 4.79 Å². The zero-order valence-corrected chi connectivity index (χ0v) is 35.9. The number of unbranched alkanes of at least 4 members (excludes halogenated alkanes) is 1. The van der Waals surface area contributed by atoms with Gasteiger partial charge in [0.05, 0.1) is 11.9 Å². The molecule has 2 aromatic rings. The van der Waals surface area contributed by atoms with Gasteiger partial charge in [0.15, 0.2) is 0 Å². The molecule has 0 amide bonds. The first-order chi connectivity index (χ1) is 23.4. The van der Waals surface area contributed by atoms with Crippen LogP contribution >= 0.6 is 12.6 Å². The van der Waals surface area contributed by atoms with Crippen molar-refractivity contribution in [3.8, 4) is 0 Å². The standard InChI is InChI=1S/C45H74BNO3S/c1-16-17-20-32(2)42(8,9)31-45(14,33(3)21-19-28-50-40(48)34(4)51)44(12,13)43(10,11)39(41(5,6)7)36-26-24-35(25-27-36)30-47-38-23-18-22-37(29-38)46(15)49/h18,22-27,29,32,34,39,47,49,51H,3,16-17,19-21,28,30-31H2,1-2,4-15H3. The number of anilines is 1. The molecule has 0 aliphatic carbocycles. The monoisotopic (exact) mass is 720 g/mol. The topological polar surface area (TPSA) is 58.6 Å². The van der Waals surface area contributed by atoms with E-state index >= 15 is 0 Å². The van der Waals surface area contributed by atoms with Crippen LogP contribution in [0.25, 0.3) is 0 Å². The van der Waals surface area contributed by atoms with E-state index in [-0.39, 0.29) is 39.0 Å². The van der Waals surface area contributed by atoms with Crippen molar-refractivity contribution in [3.05, 3.63) is 71.8 Å². The van der Waals surface area contributed by atoms with E-state index in [9.17, 15) is 9.82 Å². The number of esters is 1. The van der Waals surface area contributed by atoms with Crippen molar-refractivity contribution in [3.63, 3.8) is 0 Å². The number of hydrogen-bond acceptors (Lipinski definition) is 5. The number of hydrogen-bond donors (Lipinski definition) is 3. The fourth-order valence-electron chi connectivity index (χ4n) is 8.64. The van der Waals surface area contributed by atoms with Crippen LogP contribution in [0.5, 0.6) is 0 Å². The van der Waals surface area contributed by atoms with Crippen molar-refractivity contribution in [2.24, 2.45) is 33.0 Å². The molecular formula is C45H74BNO3S. The van der Waals surface area contributed by atoms with E-state index in [1.807, 2.05) is 24.3 Å². The SMILES string of the molecule is C=C(CCCOC(=O)C(C)S)C(C)(CC(C)(C)C(C)CCCC)C(C)(C)C(C)(C)C(c1ccc(CNc2cccc(B(C)O)c2)cc1)C(C)(C)C. The van der Waals surface area contributed by atoms with Crippen molar-refractivity contribution in [2.45, 2.75) is 153 Å². The van der Waals surface area contributed by atoms with E-state index in [0.717, 1.165) is 30.4 Å². The van der Waals surface area contributed by atoms with Crippen molar-refractivity contribution in [1.29, 1.82) is 0 Å². The smallest absolute Gasteiger partial charge is 0.320 e. The Hall–Kier alpha value is -2.18. The van der Waals surface area contributed by atoms with Crippen molar-refractivity contribution < 1.29 is 14.6 Å². The average molecular weight is 720 g/mol. The van der Waals surface area contributed by atoms with E-state index in [1.54, 1.807) is 13.7 Å². The van der Waals surface area contributed by atoms with Crippen LogP contribution in [0.2, 0.25) is 6.82 Å². The second-order valence-corrected chi connectivity index (χ2v) is 19.4. The van der Waals surface area contributed by atoms with Gasteiger partial charge >= 0.3 is 12.9 Å². The number of nitrogens with one attached hydrogen (secondary N) is 1. The van der Waals surface area contributed by atoms with Crippen LogP contribution in [-0.2, 0) is 16.1 Å². The third-order valence-electron chi connectivity index (χ3n) is 12.9. The number of allylic oxidation sites excluding steroid dienone is 1. The molecule has 0 aliphatic rings. The van der Waals surface area contributed by atoms with Gasteiger partial charge in [0.25, 0.3) is 0 Å². The van der Waals surface area contributed by atoms with E-state index in [2.05, 4.69) is 125 Å². The third-order valence-corrected chi connectivity index (χ3v) is 13.1. The van der Waals surface area contributed by atoms with Crippen molar-refractivity contribution in [2.75, 3.05) is 11.9 Å². The Morgan fingerprint density at radius 2 is 1.57 bits per heavy atom. The summed E-state index contributed by atoms with van der Waals surface area (Å²) in [7, 11) is 0. The van der Waals surface area contributed by atoms with Gasteiger partial charge in [-0.2, -0.15) is 12.6 Å². The van der Waals surface area contributed by atoms with Gasteiger partial charge in [-0.1, -0.05) is 158 Å². The highest BCUT2D eigenvalue weighted by atomic mass is 32.1. The molecule has 0 aliphatic heterocycles. The highest BCUT2D eigenvalue weighted by Gasteiger charge is 2.57. The Balaban J connectivity index is 2.51. The highest BCUT2D eigenvalue weighted by Crippen LogP contribution is 2.66. The summed E-state index contributed by atoms with van der Waals surface area (Å²) in [5.74, 6) is 0.574. The van der Waals surface area contributed by atoms with Gasteiger partial charge in [0, 0.05) is 12.2 Å². The molecule has 4 unspecified atom stereocenters. The summed E-state index contributed by atoms with van der Waals surface area (Å²) in [6.07, 6.45) is 6.29. The van der Waals surface area contributed by atoms with Crippen LogP contribution in [-0.4, -0.2) is 29.8 Å². The molecule has 0 bridgehead atoms. The molecule has 0 aromatic heterocycles. The maximum Gasteiger partial charge on any atom is 0.320 e. The largest absolute Gasteiger partial charge is 0.465 e. The third kappa shape index (κ3) is 11.4. The molecule has 4 nitrogen and oxygen atoms in total. The molecule has 2 rings (SSSR count). The first kappa shape index (κ1) is 45.0. The second kappa shape index (κ2) is 18.2. The van der Waals surface area contributed by atoms with Crippen LogP contribution in [0.1, 0.15) is 146 Å². The average Bonchev–Trinajstić information content (AvgIpc) is 3.03. The van der Waals surface area contributed by atoms with E-state index in [0.29, 0.717) is 19.1 Å². The van der Waals surface area contributed by atoms with Crippen LogP contribution in [0.15, 0.2) is 60.7 Å². The molecule has 286 valence electrons. The van der Waals surface area contributed by atoms with Crippen LogP contribution in [0.3, 0.4) is 0 Å². The number of carbonyl (C=O) groups is 1. The lowest BCUT2D eigenvalue weighted by molar-refractivity contribution is -0.142. The van der Waals surface area contributed by atoms with Crippen molar-refractivity contribution >= 4 is 36.7 Å². The number of rotatable bonds is 20. The Labute approximate surface area is 319 Å². The minimum Gasteiger partial charge on any atom is -0.465 e.